The number of esters is 2. The zero-order valence-corrected chi connectivity index (χ0v) is 20.9. The van der Waals surface area contributed by atoms with Crippen molar-refractivity contribution in [3.05, 3.63) is 46.9 Å². The number of benzene rings is 3. The van der Waals surface area contributed by atoms with Gasteiger partial charge < -0.3 is 18.9 Å². The fraction of sp³-hybridized carbons (Fsp3) is 0.385. The Bertz CT molecular complexity index is 1140. The molecule has 0 spiro atoms. The van der Waals surface area contributed by atoms with Crippen LogP contribution in [0.5, 0.6) is 11.5 Å². The van der Waals surface area contributed by atoms with Crippen molar-refractivity contribution >= 4 is 49.4 Å². The van der Waals surface area contributed by atoms with Crippen molar-refractivity contribution in [1.29, 1.82) is 0 Å². The van der Waals surface area contributed by atoms with E-state index in [1.165, 1.54) is 0 Å². The molecule has 0 saturated carbocycles. The molecule has 0 aliphatic rings. The summed E-state index contributed by atoms with van der Waals surface area (Å²) in [7, 11) is 0. The largest absolute Gasteiger partial charge is 0.488 e. The maximum atomic E-state index is 11.6. The van der Waals surface area contributed by atoms with E-state index in [4.69, 9.17) is 18.9 Å². The SMILES string of the molecule is CCC(=O)OC(C)COc1c2ccccc2c(OCC(C)OC(=O)CC)c2cc(Br)ccc12. The quantitative estimate of drug-likeness (QED) is 0.236. The first-order valence-corrected chi connectivity index (χ1v) is 11.9. The third kappa shape index (κ3) is 6.16. The van der Waals surface area contributed by atoms with Gasteiger partial charge in [0.15, 0.2) is 0 Å². The molecule has 0 heterocycles. The van der Waals surface area contributed by atoms with Gasteiger partial charge in [0.1, 0.15) is 36.9 Å². The van der Waals surface area contributed by atoms with E-state index < -0.39 is 0 Å². The molecular weight excluding hydrogens is 488 g/mol. The summed E-state index contributed by atoms with van der Waals surface area (Å²) in [5, 5.41) is 3.50. The number of hydrogen-bond acceptors (Lipinski definition) is 6. The van der Waals surface area contributed by atoms with Gasteiger partial charge in [-0.25, -0.2) is 0 Å². The minimum atomic E-state index is -0.386. The molecule has 7 heteroatoms. The Morgan fingerprint density at radius 2 is 1.21 bits per heavy atom. The Morgan fingerprint density at radius 3 is 1.70 bits per heavy atom. The van der Waals surface area contributed by atoms with Gasteiger partial charge in [0.2, 0.25) is 0 Å². The van der Waals surface area contributed by atoms with Gasteiger partial charge in [-0.05, 0) is 32.0 Å². The van der Waals surface area contributed by atoms with Crippen LogP contribution in [0.3, 0.4) is 0 Å². The van der Waals surface area contributed by atoms with Gasteiger partial charge in [0.25, 0.3) is 0 Å². The molecule has 33 heavy (non-hydrogen) atoms. The molecule has 176 valence electrons. The molecule has 0 saturated heterocycles. The first-order valence-electron chi connectivity index (χ1n) is 11.1. The first kappa shape index (κ1) is 24.8. The number of rotatable bonds is 10. The molecule has 3 rings (SSSR count). The average Bonchev–Trinajstić information content (AvgIpc) is 2.80. The Labute approximate surface area is 202 Å². The minimum absolute atomic E-state index is 0.224. The molecule has 3 aromatic rings. The van der Waals surface area contributed by atoms with Crippen molar-refractivity contribution in [2.24, 2.45) is 0 Å². The van der Waals surface area contributed by atoms with E-state index in [0.717, 1.165) is 26.0 Å². The molecule has 2 unspecified atom stereocenters. The highest BCUT2D eigenvalue weighted by Gasteiger charge is 2.19. The van der Waals surface area contributed by atoms with Crippen LogP contribution in [0.1, 0.15) is 40.5 Å². The molecule has 0 radical (unpaired) electrons. The second-order valence-electron chi connectivity index (χ2n) is 7.82. The fourth-order valence-corrected chi connectivity index (χ4v) is 3.83. The minimum Gasteiger partial charge on any atom is -0.488 e. The molecule has 0 N–H and O–H groups in total. The maximum Gasteiger partial charge on any atom is 0.305 e. The number of ether oxygens (including phenoxy) is 4. The number of halogens is 1. The third-order valence-electron chi connectivity index (χ3n) is 5.05. The molecule has 3 aromatic carbocycles. The van der Waals surface area contributed by atoms with Crippen LogP contribution < -0.4 is 9.47 Å². The standard InChI is InChI=1S/C26H29BrO6/c1-5-23(28)32-16(3)14-30-25-19-9-7-8-10-20(19)26(22-13-18(27)11-12-21(22)25)31-15-17(4)33-24(29)6-2/h7-13,16-17H,5-6,14-15H2,1-4H3. The highest BCUT2D eigenvalue weighted by Crippen LogP contribution is 2.43. The molecule has 0 bridgehead atoms. The van der Waals surface area contributed by atoms with Crippen LogP contribution in [-0.2, 0) is 19.1 Å². The highest BCUT2D eigenvalue weighted by molar-refractivity contribution is 9.10. The first-order chi connectivity index (χ1) is 15.8. The van der Waals surface area contributed by atoms with Crippen LogP contribution in [0.2, 0.25) is 0 Å². The van der Waals surface area contributed by atoms with Crippen LogP contribution in [0.15, 0.2) is 46.9 Å². The Morgan fingerprint density at radius 1 is 0.758 bits per heavy atom. The van der Waals surface area contributed by atoms with E-state index in [1.54, 1.807) is 13.8 Å². The van der Waals surface area contributed by atoms with Crippen LogP contribution in [-0.4, -0.2) is 37.4 Å². The Hall–Kier alpha value is -2.80. The van der Waals surface area contributed by atoms with E-state index in [9.17, 15) is 9.59 Å². The van der Waals surface area contributed by atoms with Gasteiger partial charge in [0, 0.05) is 38.9 Å². The molecule has 2 atom stereocenters. The molecule has 0 amide bonds. The summed E-state index contributed by atoms with van der Waals surface area (Å²) >= 11 is 3.55. The zero-order valence-electron chi connectivity index (χ0n) is 19.4. The van der Waals surface area contributed by atoms with Gasteiger partial charge in [0.05, 0.1) is 0 Å². The zero-order chi connectivity index (χ0) is 24.0. The monoisotopic (exact) mass is 516 g/mol. The van der Waals surface area contributed by atoms with E-state index >= 15 is 0 Å². The molecule has 6 nitrogen and oxygen atoms in total. The summed E-state index contributed by atoms with van der Waals surface area (Å²) < 4.78 is 24.0. The summed E-state index contributed by atoms with van der Waals surface area (Å²) in [5.41, 5.74) is 0. The number of carbonyl (C=O) groups excluding carboxylic acids is 2. The maximum absolute atomic E-state index is 11.6. The number of carbonyl (C=O) groups is 2. The summed E-state index contributed by atoms with van der Waals surface area (Å²) in [6.45, 7) is 7.59. The number of fused-ring (bicyclic) bond motifs is 2. The molecule has 0 aliphatic carbocycles. The van der Waals surface area contributed by atoms with E-state index in [1.807, 2.05) is 56.3 Å². The topological polar surface area (TPSA) is 71.1 Å². The van der Waals surface area contributed by atoms with E-state index in [-0.39, 0.29) is 37.4 Å². The molecule has 0 aromatic heterocycles. The van der Waals surface area contributed by atoms with Crippen LogP contribution >= 0.6 is 15.9 Å². The van der Waals surface area contributed by atoms with Crippen molar-refractivity contribution < 1.29 is 28.5 Å². The normalized spacial score (nSPS) is 12.9. The van der Waals surface area contributed by atoms with E-state index in [0.29, 0.717) is 24.3 Å². The van der Waals surface area contributed by atoms with Gasteiger partial charge in [-0.15, -0.1) is 0 Å². The third-order valence-corrected chi connectivity index (χ3v) is 5.55. The van der Waals surface area contributed by atoms with Gasteiger partial charge in [-0.3, -0.25) is 9.59 Å². The smallest absolute Gasteiger partial charge is 0.305 e. The summed E-state index contributed by atoms with van der Waals surface area (Å²) in [5.74, 6) is 0.876. The second-order valence-corrected chi connectivity index (χ2v) is 8.74. The molecule has 0 fully saturated rings. The van der Waals surface area contributed by atoms with Crippen LogP contribution in [0, 0.1) is 0 Å². The summed E-state index contributed by atoms with van der Waals surface area (Å²) in [6.07, 6.45) is -0.126. The average molecular weight is 517 g/mol. The van der Waals surface area contributed by atoms with Crippen molar-refractivity contribution in [3.63, 3.8) is 0 Å². The molecule has 0 aliphatic heterocycles. The second kappa shape index (κ2) is 11.4. The lowest BCUT2D eigenvalue weighted by molar-refractivity contribution is -0.150. The highest BCUT2D eigenvalue weighted by atomic mass is 79.9. The fourth-order valence-electron chi connectivity index (χ4n) is 3.47. The molecular formula is C26H29BrO6. The number of hydrogen-bond donors (Lipinski definition) is 0. The van der Waals surface area contributed by atoms with Crippen molar-refractivity contribution in [1.82, 2.24) is 0 Å². The lowest BCUT2D eigenvalue weighted by atomic mass is 10.0. The predicted octanol–water partition coefficient (Wildman–Crippen LogP) is 6.20. The Balaban J connectivity index is 2.00. The van der Waals surface area contributed by atoms with Crippen molar-refractivity contribution in [2.75, 3.05) is 13.2 Å². The van der Waals surface area contributed by atoms with Gasteiger partial charge in [-0.1, -0.05) is 54.0 Å². The van der Waals surface area contributed by atoms with Crippen molar-refractivity contribution in [2.45, 2.75) is 52.7 Å². The predicted molar refractivity (Wildman–Crippen MR) is 132 cm³/mol. The van der Waals surface area contributed by atoms with Gasteiger partial charge >= 0.3 is 11.9 Å². The summed E-state index contributed by atoms with van der Waals surface area (Å²) in [6, 6.07) is 13.7. The summed E-state index contributed by atoms with van der Waals surface area (Å²) in [4.78, 5) is 23.3. The lowest BCUT2D eigenvalue weighted by Crippen LogP contribution is -2.22. The van der Waals surface area contributed by atoms with Crippen LogP contribution in [0.4, 0.5) is 0 Å². The van der Waals surface area contributed by atoms with Crippen molar-refractivity contribution in [3.8, 4) is 11.5 Å². The Kier molecular flexibility index (Phi) is 8.55. The van der Waals surface area contributed by atoms with Crippen LogP contribution in [0.25, 0.3) is 21.5 Å². The van der Waals surface area contributed by atoms with Gasteiger partial charge in [-0.2, -0.15) is 0 Å². The lowest BCUT2D eigenvalue weighted by Gasteiger charge is -2.21. The van der Waals surface area contributed by atoms with E-state index in [2.05, 4.69) is 15.9 Å².